The number of fused-ring (bicyclic) bond motifs is 1. The molecular formula is C10H14N4O2. The molecular weight excluding hydrogens is 208 g/mol. The van der Waals surface area contributed by atoms with Gasteiger partial charge in [-0.3, -0.25) is 4.79 Å². The highest BCUT2D eigenvalue weighted by atomic mass is 16.5. The molecule has 0 aromatic carbocycles. The predicted molar refractivity (Wildman–Crippen MR) is 58.7 cm³/mol. The van der Waals surface area contributed by atoms with Crippen molar-refractivity contribution >= 4 is 5.82 Å². The lowest BCUT2D eigenvalue weighted by molar-refractivity contribution is 0.407. The van der Waals surface area contributed by atoms with E-state index < -0.39 is 0 Å². The second-order valence-electron chi connectivity index (χ2n) is 4.27. The molecule has 1 saturated heterocycles. The van der Waals surface area contributed by atoms with Crippen molar-refractivity contribution in [3.05, 3.63) is 16.7 Å². The summed E-state index contributed by atoms with van der Waals surface area (Å²) in [6.07, 6.45) is 1.39. The monoisotopic (exact) mass is 222 g/mol. The maximum atomic E-state index is 11.4. The minimum atomic E-state index is -0.246. The third kappa shape index (κ3) is 1.37. The van der Waals surface area contributed by atoms with Gasteiger partial charge in [0.15, 0.2) is 5.82 Å². The Morgan fingerprint density at radius 1 is 1.50 bits per heavy atom. The molecule has 16 heavy (non-hydrogen) atoms. The zero-order valence-electron chi connectivity index (χ0n) is 8.99. The minimum Gasteiger partial charge on any atom is -0.489 e. The zero-order valence-corrected chi connectivity index (χ0v) is 8.99. The number of hydrogen-bond donors (Lipinski definition) is 3. The Morgan fingerprint density at radius 2 is 2.25 bits per heavy atom. The molecule has 1 aliphatic heterocycles. The highest BCUT2D eigenvalue weighted by Gasteiger charge is 2.53. The number of nitrogens with zero attached hydrogens (tertiary/aromatic N) is 1. The van der Waals surface area contributed by atoms with Gasteiger partial charge in [0.2, 0.25) is 5.75 Å². The van der Waals surface area contributed by atoms with Crippen LogP contribution in [-0.2, 0) is 0 Å². The number of aromatic nitrogens is 2. The van der Waals surface area contributed by atoms with Crippen LogP contribution in [0.2, 0.25) is 0 Å². The summed E-state index contributed by atoms with van der Waals surface area (Å²) in [6, 6.07) is 0.435. The van der Waals surface area contributed by atoms with Crippen LogP contribution in [0.25, 0.3) is 0 Å². The summed E-state index contributed by atoms with van der Waals surface area (Å²) >= 11 is 0. The quantitative estimate of drug-likeness (QED) is 0.637. The molecule has 2 atom stereocenters. The van der Waals surface area contributed by atoms with Gasteiger partial charge in [0.1, 0.15) is 0 Å². The predicted octanol–water partition coefficient (Wildman–Crippen LogP) is -0.592. The van der Waals surface area contributed by atoms with Crippen LogP contribution >= 0.6 is 0 Å². The van der Waals surface area contributed by atoms with Gasteiger partial charge in [-0.15, -0.1) is 0 Å². The van der Waals surface area contributed by atoms with E-state index in [9.17, 15) is 4.79 Å². The van der Waals surface area contributed by atoms with Crippen LogP contribution in [0.5, 0.6) is 5.75 Å². The van der Waals surface area contributed by atoms with Crippen LogP contribution in [0.1, 0.15) is 0 Å². The van der Waals surface area contributed by atoms with Gasteiger partial charge in [0, 0.05) is 19.1 Å². The Kier molecular flexibility index (Phi) is 2.10. The molecule has 3 N–H and O–H groups in total. The third-order valence-corrected chi connectivity index (χ3v) is 3.41. The van der Waals surface area contributed by atoms with Crippen LogP contribution in [-0.4, -0.2) is 36.2 Å². The Hall–Kier alpha value is -1.56. The van der Waals surface area contributed by atoms with Crippen LogP contribution in [0.15, 0.2) is 11.1 Å². The fourth-order valence-electron chi connectivity index (χ4n) is 2.47. The standard InChI is InChI=1S/C10H14N4O2/c1-16-8-9(12-4-13-10(8)15)14-7-5-2-11-3-6(5)7/h4-7,11H,2-3H2,1H3,(H2,12,13,14,15). The number of nitrogens with one attached hydrogen (secondary N) is 3. The van der Waals surface area contributed by atoms with E-state index in [0.717, 1.165) is 13.1 Å². The van der Waals surface area contributed by atoms with Gasteiger partial charge in [0.25, 0.3) is 5.56 Å². The topological polar surface area (TPSA) is 79.0 Å². The number of rotatable bonds is 3. The van der Waals surface area contributed by atoms with Gasteiger partial charge in [-0.2, -0.15) is 0 Å². The van der Waals surface area contributed by atoms with Crippen molar-refractivity contribution in [2.75, 3.05) is 25.5 Å². The van der Waals surface area contributed by atoms with Crippen molar-refractivity contribution in [3.63, 3.8) is 0 Å². The van der Waals surface area contributed by atoms with Crippen molar-refractivity contribution < 1.29 is 4.74 Å². The second kappa shape index (κ2) is 3.48. The summed E-state index contributed by atoms with van der Waals surface area (Å²) in [5.74, 6) is 2.16. The molecule has 2 fully saturated rings. The van der Waals surface area contributed by atoms with E-state index >= 15 is 0 Å². The van der Waals surface area contributed by atoms with E-state index in [1.165, 1.54) is 13.4 Å². The normalized spacial score (nSPS) is 30.9. The first-order chi connectivity index (χ1) is 7.81. The average Bonchev–Trinajstić information content (AvgIpc) is 2.75. The largest absolute Gasteiger partial charge is 0.489 e. The summed E-state index contributed by atoms with van der Waals surface area (Å²) in [5, 5.41) is 6.60. The number of hydrogen-bond acceptors (Lipinski definition) is 5. The summed E-state index contributed by atoms with van der Waals surface area (Å²) in [6.45, 7) is 2.10. The maximum Gasteiger partial charge on any atom is 0.295 e. The van der Waals surface area contributed by atoms with E-state index in [-0.39, 0.29) is 11.3 Å². The first kappa shape index (κ1) is 9.65. The molecule has 3 rings (SSSR count). The SMILES string of the molecule is COc1c(NC2C3CNCC32)nc[nH]c1=O. The maximum absolute atomic E-state index is 11.4. The van der Waals surface area contributed by atoms with E-state index in [4.69, 9.17) is 4.74 Å². The molecule has 2 unspecified atom stereocenters. The number of aromatic amines is 1. The molecule has 0 spiro atoms. The van der Waals surface area contributed by atoms with E-state index in [1.54, 1.807) is 0 Å². The molecule has 1 aromatic rings. The van der Waals surface area contributed by atoms with E-state index in [0.29, 0.717) is 23.7 Å². The fraction of sp³-hybridized carbons (Fsp3) is 0.600. The summed E-state index contributed by atoms with van der Waals surface area (Å²) in [7, 11) is 1.48. The van der Waals surface area contributed by atoms with Crippen LogP contribution in [0, 0.1) is 11.8 Å². The lowest BCUT2D eigenvalue weighted by Gasteiger charge is -2.10. The van der Waals surface area contributed by atoms with Crippen LogP contribution in [0.3, 0.4) is 0 Å². The minimum absolute atomic E-state index is 0.246. The molecule has 86 valence electrons. The molecule has 0 radical (unpaired) electrons. The van der Waals surface area contributed by atoms with Gasteiger partial charge in [0.05, 0.1) is 13.4 Å². The average molecular weight is 222 g/mol. The second-order valence-corrected chi connectivity index (χ2v) is 4.27. The van der Waals surface area contributed by atoms with E-state index in [2.05, 4.69) is 20.6 Å². The van der Waals surface area contributed by atoms with Crippen molar-refractivity contribution in [3.8, 4) is 5.75 Å². The Balaban J connectivity index is 1.80. The van der Waals surface area contributed by atoms with E-state index in [1.807, 2.05) is 0 Å². The molecule has 1 aromatic heterocycles. The molecule has 1 aliphatic carbocycles. The van der Waals surface area contributed by atoms with Crippen LogP contribution in [0.4, 0.5) is 5.82 Å². The van der Waals surface area contributed by atoms with Crippen molar-refractivity contribution in [1.82, 2.24) is 15.3 Å². The summed E-state index contributed by atoms with van der Waals surface area (Å²) < 4.78 is 5.04. The van der Waals surface area contributed by atoms with Crippen LogP contribution < -0.4 is 20.9 Å². The van der Waals surface area contributed by atoms with Crippen molar-refractivity contribution in [2.24, 2.45) is 11.8 Å². The third-order valence-electron chi connectivity index (χ3n) is 3.41. The van der Waals surface area contributed by atoms with Gasteiger partial charge >= 0.3 is 0 Å². The Bertz CT molecular complexity index is 448. The molecule has 2 heterocycles. The number of ether oxygens (including phenoxy) is 1. The molecule has 6 nitrogen and oxygen atoms in total. The Labute approximate surface area is 92.4 Å². The number of H-pyrrole nitrogens is 1. The smallest absolute Gasteiger partial charge is 0.295 e. The first-order valence-corrected chi connectivity index (χ1v) is 5.40. The Morgan fingerprint density at radius 3 is 2.94 bits per heavy atom. The first-order valence-electron chi connectivity index (χ1n) is 5.40. The number of methoxy groups -OCH3 is 1. The molecule has 0 amide bonds. The molecule has 6 heteroatoms. The van der Waals surface area contributed by atoms with Gasteiger partial charge < -0.3 is 20.4 Å². The number of anilines is 1. The van der Waals surface area contributed by atoms with Crippen molar-refractivity contribution in [2.45, 2.75) is 6.04 Å². The summed E-state index contributed by atoms with van der Waals surface area (Å²) in [4.78, 5) is 18.0. The highest BCUT2D eigenvalue weighted by molar-refractivity contribution is 5.50. The van der Waals surface area contributed by atoms with Gasteiger partial charge in [-0.05, 0) is 11.8 Å². The lowest BCUT2D eigenvalue weighted by Crippen LogP contribution is -2.23. The molecule has 2 aliphatic rings. The zero-order chi connectivity index (χ0) is 11.1. The van der Waals surface area contributed by atoms with Gasteiger partial charge in [-0.25, -0.2) is 4.98 Å². The lowest BCUT2D eigenvalue weighted by atomic mass is 10.4. The molecule has 1 saturated carbocycles. The van der Waals surface area contributed by atoms with Crippen molar-refractivity contribution in [1.29, 1.82) is 0 Å². The number of piperidine rings is 1. The summed E-state index contributed by atoms with van der Waals surface area (Å²) in [5.41, 5.74) is -0.246. The highest BCUT2D eigenvalue weighted by Crippen LogP contribution is 2.44. The fourth-order valence-corrected chi connectivity index (χ4v) is 2.47. The van der Waals surface area contributed by atoms with Gasteiger partial charge in [-0.1, -0.05) is 0 Å². The molecule has 0 bridgehead atoms.